The zero-order valence-electron chi connectivity index (χ0n) is 16.8. The summed E-state index contributed by atoms with van der Waals surface area (Å²) in [5.41, 5.74) is -0.00384. The van der Waals surface area contributed by atoms with Gasteiger partial charge in [-0.25, -0.2) is 17.6 Å². The van der Waals surface area contributed by atoms with E-state index >= 15 is 0 Å². The highest BCUT2D eigenvalue weighted by atomic mass is 19.2. The predicted molar refractivity (Wildman–Crippen MR) is 108 cm³/mol. The molecule has 1 aliphatic rings. The van der Waals surface area contributed by atoms with Gasteiger partial charge in [-0.05, 0) is 31.2 Å². The second-order valence-corrected chi connectivity index (χ2v) is 7.14. The Hall–Kier alpha value is -3.14. The first-order chi connectivity index (χ1) is 14.8. The van der Waals surface area contributed by atoms with Crippen LogP contribution in [-0.4, -0.2) is 55.5 Å². The summed E-state index contributed by atoms with van der Waals surface area (Å²) in [6, 6.07) is 7.53. The Bertz CT molecular complexity index is 964. The third kappa shape index (κ3) is 5.32. The average Bonchev–Trinajstić information content (AvgIpc) is 2.78. The molecule has 1 atom stereocenters. The molecule has 1 saturated heterocycles. The lowest BCUT2D eigenvalue weighted by atomic mass is 10.2. The quantitative estimate of drug-likeness (QED) is 0.538. The van der Waals surface area contributed by atoms with E-state index in [1.807, 2.05) is 9.80 Å². The van der Waals surface area contributed by atoms with Gasteiger partial charge in [0, 0.05) is 26.2 Å². The van der Waals surface area contributed by atoms with Gasteiger partial charge in [0.15, 0.2) is 17.5 Å². The number of halogens is 4. The molecule has 6 nitrogen and oxygen atoms in total. The highest BCUT2D eigenvalue weighted by Gasteiger charge is 2.26. The third-order valence-corrected chi connectivity index (χ3v) is 5.17. The second-order valence-electron chi connectivity index (χ2n) is 7.14. The van der Waals surface area contributed by atoms with Crippen molar-refractivity contribution in [3.8, 4) is 0 Å². The molecule has 1 heterocycles. The molecule has 166 valence electrons. The van der Waals surface area contributed by atoms with Gasteiger partial charge >= 0.3 is 0 Å². The number of nitrogens with one attached hydrogen (secondary N) is 2. The lowest BCUT2D eigenvalue weighted by Crippen LogP contribution is -2.54. The highest BCUT2D eigenvalue weighted by molar-refractivity contribution is 5.95. The molecule has 0 radical (unpaired) electrons. The van der Waals surface area contributed by atoms with Crippen LogP contribution in [0.15, 0.2) is 36.4 Å². The van der Waals surface area contributed by atoms with Crippen LogP contribution in [0.4, 0.5) is 28.9 Å². The summed E-state index contributed by atoms with van der Waals surface area (Å²) in [6.45, 7) is 3.34. The molecule has 1 fully saturated rings. The number of amides is 2. The number of rotatable bonds is 6. The first kappa shape index (κ1) is 22.5. The Balaban J connectivity index is 1.47. The molecule has 0 spiro atoms. The number of carbonyl (C=O) groups excluding carboxylic acids is 2. The van der Waals surface area contributed by atoms with Crippen LogP contribution in [0, 0.1) is 23.3 Å². The maximum absolute atomic E-state index is 13.9. The Morgan fingerprint density at radius 3 is 2.29 bits per heavy atom. The number of carbonyl (C=O) groups is 2. The summed E-state index contributed by atoms with van der Waals surface area (Å²) in [5, 5.41) is 4.53. The van der Waals surface area contributed by atoms with Gasteiger partial charge in [-0.1, -0.05) is 12.1 Å². The number of benzene rings is 2. The minimum atomic E-state index is -1.69. The Labute approximate surface area is 176 Å². The van der Waals surface area contributed by atoms with Gasteiger partial charge < -0.3 is 15.5 Å². The number of hydrogen-bond acceptors (Lipinski definition) is 4. The van der Waals surface area contributed by atoms with E-state index in [9.17, 15) is 27.2 Å². The van der Waals surface area contributed by atoms with E-state index in [1.165, 1.54) is 6.07 Å². The molecule has 1 aliphatic heterocycles. The van der Waals surface area contributed by atoms with Gasteiger partial charge in [0.1, 0.15) is 5.82 Å². The molecular formula is C21H22F4N4O2. The van der Waals surface area contributed by atoms with Crippen molar-refractivity contribution in [2.24, 2.45) is 0 Å². The molecule has 2 amide bonds. The SMILES string of the molecule is CC(C(=O)NCC(=O)Nc1ccc(F)c(F)c1F)N1CCN(c2ccccc2F)CC1. The molecule has 1 unspecified atom stereocenters. The van der Waals surface area contributed by atoms with Crippen molar-refractivity contribution in [1.29, 1.82) is 0 Å². The second kappa shape index (κ2) is 9.78. The summed E-state index contributed by atoms with van der Waals surface area (Å²) >= 11 is 0. The van der Waals surface area contributed by atoms with Crippen LogP contribution in [0.1, 0.15) is 6.92 Å². The number of piperazine rings is 1. The lowest BCUT2D eigenvalue weighted by Gasteiger charge is -2.38. The first-order valence-electron chi connectivity index (χ1n) is 9.72. The Morgan fingerprint density at radius 1 is 0.935 bits per heavy atom. The molecule has 31 heavy (non-hydrogen) atoms. The van der Waals surface area contributed by atoms with Crippen molar-refractivity contribution in [3.05, 3.63) is 59.7 Å². The zero-order valence-corrected chi connectivity index (χ0v) is 16.8. The fourth-order valence-electron chi connectivity index (χ4n) is 3.36. The van der Waals surface area contributed by atoms with Crippen molar-refractivity contribution in [2.45, 2.75) is 13.0 Å². The number of anilines is 2. The molecule has 0 aromatic heterocycles. The maximum Gasteiger partial charge on any atom is 0.243 e. The van der Waals surface area contributed by atoms with Gasteiger partial charge in [-0.15, -0.1) is 0 Å². The maximum atomic E-state index is 13.9. The standard InChI is InChI=1S/C21H22F4N4O2/c1-13(28-8-10-29(11-9-28)17-5-3-2-4-14(17)22)21(31)26-12-18(30)27-16-7-6-15(23)19(24)20(16)25/h2-7,13H,8-12H2,1H3,(H,26,31)(H,27,30). The van der Waals surface area contributed by atoms with Crippen molar-refractivity contribution >= 4 is 23.2 Å². The fourth-order valence-corrected chi connectivity index (χ4v) is 3.36. The van der Waals surface area contributed by atoms with Crippen LogP contribution in [0.5, 0.6) is 0 Å². The molecule has 0 saturated carbocycles. The van der Waals surface area contributed by atoms with Crippen molar-refractivity contribution in [3.63, 3.8) is 0 Å². The van der Waals surface area contributed by atoms with Crippen LogP contribution in [-0.2, 0) is 9.59 Å². The van der Waals surface area contributed by atoms with E-state index in [1.54, 1.807) is 25.1 Å². The van der Waals surface area contributed by atoms with E-state index < -0.39 is 47.5 Å². The van der Waals surface area contributed by atoms with Gasteiger partial charge in [-0.3, -0.25) is 14.5 Å². The molecule has 3 rings (SSSR count). The van der Waals surface area contributed by atoms with Crippen LogP contribution in [0.3, 0.4) is 0 Å². The monoisotopic (exact) mass is 438 g/mol. The number of hydrogen-bond donors (Lipinski definition) is 2. The largest absolute Gasteiger partial charge is 0.367 e. The van der Waals surface area contributed by atoms with E-state index in [0.717, 1.165) is 6.07 Å². The fraction of sp³-hybridized carbons (Fsp3) is 0.333. The molecule has 0 aliphatic carbocycles. The van der Waals surface area contributed by atoms with Gasteiger partial charge in [0.05, 0.1) is 24.0 Å². The topological polar surface area (TPSA) is 64.7 Å². The summed E-state index contributed by atoms with van der Waals surface area (Å²) in [7, 11) is 0. The summed E-state index contributed by atoms with van der Waals surface area (Å²) < 4.78 is 53.7. The van der Waals surface area contributed by atoms with Crippen molar-refractivity contribution in [2.75, 3.05) is 42.9 Å². The molecular weight excluding hydrogens is 416 g/mol. The van der Waals surface area contributed by atoms with Crippen LogP contribution >= 0.6 is 0 Å². The van der Waals surface area contributed by atoms with Crippen LogP contribution < -0.4 is 15.5 Å². The summed E-state index contributed by atoms with van der Waals surface area (Å²) in [6.07, 6.45) is 0. The molecule has 10 heteroatoms. The average molecular weight is 438 g/mol. The van der Waals surface area contributed by atoms with Crippen molar-refractivity contribution < 1.29 is 27.2 Å². The number of para-hydroxylation sites is 1. The van der Waals surface area contributed by atoms with Crippen LogP contribution in [0.25, 0.3) is 0 Å². The van der Waals surface area contributed by atoms with Crippen LogP contribution in [0.2, 0.25) is 0 Å². The molecule has 2 N–H and O–H groups in total. The Morgan fingerprint density at radius 2 is 1.61 bits per heavy atom. The van der Waals surface area contributed by atoms with E-state index in [0.29, 0.717) is 37.9 Å². The van der Waals surface area contributed by atoms with Crippen molar-refractivity contribution in [1.82, 2.24) is 10.2 Å². The molecule has 2 aromatic carbocycles. The van der Waals surface area contributed by atoms with Gasteiger partial charge in [-0.2, -0.15) is 0 Å². The third-order valence-electron chi connectivity index (χ3n) is 5.17. The zero-order chi connectivity index (χ0) is 22.5. The van der Waals surface area contributed by atoms with Gasteiger partial charge in [0.2, 0.25) is 11.8 Å². The summed E-state index contributed by atoms with van der Waals surface area (Å²) in [4.78, 5) is 28.1. The van der Waals surface area contributed by atoms with E-state index in [-0.39, 0.29) is 5.82 Å². The molecule has 0 bridgehead atoms. The normalized spacial score (nSPS) is 15.5. The Kier molecular flexibility index (Phi) is 7.11. The highest BCUT2D eigenvalue weighted by Crippen LogP contribution is 2.21. The number of nitrogens with zero attached hydrogens (tertiary/aromatic N) is 2. The predicted octanol–water partition coefficient (Wildman–Crippen LogP) is 2.51. The minimum absolute atomic E-state index is 0.301. The first-order valence-corrected chi connectivity index (χ1v) is 9.72. The lowest BCUT2D eigenvalue weighted by molar-refractivity contribution is -0.128. The molecule has 2 aromatic rings. The van der Waals surface area contributed by atoms with Gasteiger partial charge in [0.25, 0.3) is 0 Å². The van der Waals surface area contributed by atoms with E-state index in [2.05, 4.69) is 10.6 Å². The minimum Gasteiger partial charge on any atom is -0.367 e. The summed E-state index contributed by atoms with van der Waals surface area (Å²) in [5.74, 6) is -6.07. The smallest absolute Gasteiger partial charge is 0.243 e. The van der Waals surface area contributed by atoms with E-state index in [4.69, 9.17) is 0 Å².